The number of carbonyl (C=O) groups excluding carboxylic acids is 1. The molecule has 0 radical (unpaired) electrons. The Bertz CT molecular complexity index is 443. The van der Waals surface area contributed by atoms with E-state index in [1.54, 1.807) is 7.11 Å². The van der Waals surface area contributed by atoms with Crippen molar-refractivity contribution in [3.8, 4) is 0 Å². The zero-order valence-electron chi connectivity index (χ0n) is 9.77. The number of hydrogen-bond acceptors (Lipinski definition) is 3. The van der Waals surface area contributed by atoms with Crippen LogP contribution in [-0.2, 0) is 14.3 Å². The molecule has 1 amide bonds. The smallest absolute Gasteiger partial charge is 0.254 e. The average Bonchev–Trinajstić information content (AvgIpc) is 2.63. The summed E-state index contributed by atoms with van der Waals surface area (Å²) in [6.45, 7) is 3.38. The van der Waals surface area contributed by atoms with Crippen molar-refractivity contribution in [1.29, 1.82) is 0 Å². The zero-order chi connectivity index (χ0) is 12.2. The fourth-order valence-electron chi connectivity index (χ4n) is 2.95. The molecule has 0 unspecified atom stereocenters. The molecule has 3 aliphatic rings. The third kappa shape index (κ3) is 1.39. The quantitative estimate of drug-likeness (QED) is 0.684. The third-order valence-corrected chi connectivity index (χ3v) is 4.48. The van der Waals surface area contributed by atoms with Crippen molar-refractivity contribution >= 4 is 21.8 Å². The Labute approximate surface area is 108 Å². The summed E-state index contributed by atoms with van der Waals surface area (Å²) in [5, 5.41) is 0. The van der Waals surface area contributed by atoms with Crippen LogP contribution in [-0.4, -0.2) is 49.3 Å². The van der Waals surface area contributed by atoms with E-state index in [4.69, 9.17) is 9.47 Å². The van der Waals surface area contributed by atoms with Crippen LogP contribution < -0.4 is 0 Å². The first-order valence-corrected chi connectivity index (χ1v) is 6.54. The van der Waals surface area contributed by atoms with E-state index >= 15 is 0 Å². The SMILES string of the molecule is CO[C@H]1C(=O)N2C/C(=C\Br)C3=C(C)[C@@H](OC3)[C@@H]12. The van der Waals surface area contributed by atoms with E-state index < -0.39 is 0 Å². The largest absolute Gasteiger partial charge is 0.369 e. The van der Waals surface area contributed by atoms with Gasteiger partial charge in [0, 0.05) is 13.7 Å². The van der Waals surface area contributed by atoms with Gasteiger partial charge in [0.2, 0.25) is 0 Å². The van der Waals surface area contributed by atoms with Gasteiger partial charge in [0.25, 0.3) is 5.91 Å². The normalized spacial score (nSPS) is 38.3. The van der Waals surface area contributed by atoms with Gasteiger partial charge in [0.05, 0.1) is 12.6 Å². The standard InChI is InChI=1S/C12H14BrNO3/c1-6-8-5-17-10(6)9-11(16-2)12(15)14(9)4-7(8)3-13/h3,9-11H,4-5H2,1-2H3/b7-3+/t9-,10+,11+/m0/s1. The molecule has 0 aromatic carbocycles. The molecule has 3 heterocycles. The van der Waals surface area contributed by atoms with Crippen molar-refractivity contribution in [2.45, 2.75) is 25.2 Å². The highest BCUT2D eigenvalue weighted by molar-refractivity contribution is 9.11. The second-order valence-electron chi connectivity index (χ2n) is 4.64. The lowest BCUT2D eigenvalue weighted by atomic mass is 9.90. The molecule has 0 aromatic rings. The summed E-state index contributed by atoms with van der Waals surface area (Å²) in [4.78, 5) is 15.7. The molecule has 3 rings (SSSR count). The molecule has 1 fully saturated rings. The van der Waals surface area contributed by atoms with Crippen LogP contribution in [0.5, 0.6) is 0 Å². The number of methoxy groups -OCH3 is 1. The van der Waals surface area contributed by atoms with Crippen molar-refractivity contribution in [3.63, 3.8) is 0 Å². The Hall–Kier alpha value is -0.650. The number of nitrogens with zero attached hydrogens (tertiary/aromatic N) is 1. The van der Waals surface area contributed by atoms with Crippen LogP contribution in [0.3, 0.4) is 0 Å². The zero-order valence-corrected chi connectivity index (χ0v) is 11.4. The molecule has 4 nitrogen and oxygen atoms in total. The summed E-state index contributed by atoms with van der Waals surface area (Å²) in [6, 6.07) is 0.0370. The molecule has 0 aliphatic carbocycles. The first-order chi connectivity index (χ1) is 8.19. The highest BCUT2D eigenvalue weighted by Crippen LogP contribution is 2.41. The van der Waals surface area contributed by atoms with Gasteiger partial charge >= 0.3 is 0 Å². The van der Waals surface area contributed by atoms with Crippen molar-refractivity contribution in [2.75, 3.05) is 20.3 Å². The number of ether oxygens (including phenoxy) is 2. The number of carbonyl (C=O) groups is 1. The molecule has 0 saturated carbocycles. The van der Waals surface area contributed by atoms with Crippen LogP contribution in [0.15, 0.2) is 21.7 Å². The lowest BCUT2D eigenvalue weighted by Gasteiger charge is -2.48. The topological polar surface area (TPSA) is 38.8 Å². The fourth-order valence-corrected chi connectivity index (χ4v) is 3.37. The Morgan fingerprint density at radius 3 is 3.00 bits per heavy atom. The van der Waals surface area contributed by atoms with Gasteiger partial charge in [0.1, 0.15) is 6.10 Å². The highest BCUT2D eigenvalue weighted by atomic mass is 79.9. The first kappa shape index (κ1) is 11.4. The molecule has 3 atom stereocenters. The molecule has 92 valence electrons. The van der Waals surface area contributed by atoms with E-state index in [-0.39, 0.29) is 24.2 Å². The van der Waals surface area contributed by atoms with E-state index in [1.165, 1.54) is 11.1 Å². The Morgan fingerprint density at radius 2 is 2.35 bits per heavy atom. The van der Waals surface area contributed by atoms with Crippen molar-refractivity contribution < 1.29 is 14.3 Å². The average molecular weight is 300 g/mol. The summed E-state index contributed by atoms with van der Waals surface area (Å²) >= 11 is 3.38. The van der Waals surface area contributed by atoms with Gasteiger partial charge in [0.15, 0.2) is 6.10 Å². The minimum absolute atomic E-state index is 0.00222. The molecule has 0 N–H and O–H groups in total. The number of halogens is 1. The van der Waals surface area contributed by atoms with Crippen LogP contribution in [0.4, 0.5) is 0 Å². The van der Waals surface area contributed by atoms with Gasteiger partial charge in [-0.1, -0.05) is 15.9 Å². The molecule has 1 saturated heterocycles. The van der Waals surface area contributed by atoms with Gasteiger partial charge in [-0.25, -0.2) is 0 Å². The number of hydrogen-bond donors (Lipinski definition) is 0. The summed E-state index contributed by atoms with van der Waals surface area (Å²) < 4.78 is 11.1. The van der Waals surface area contributed by atoms with Crippen LogP contribution >= 0.6 is 15.9 Å². The maximum atomic E-state index is 11.9. The predicted molar refractivity (Wildman–Crippen MR) is 65.7 cm³/mol. The summed E-state index contributed by atoms with van der Waals surface area (Å²) in [5.74, 6) is 0.0638. The van der Waals surface area contributed by atoms with Crippen molar-refractivity contribution in [2.24, 2.45) is 0 Å². The van der Waals surface area contributed by atoms with Gasteiger partial charge in [-0.2, -0.15) is 0 Å². The number of fused-ring (bicyclic) bond motifs is 3. The summed E-state index contributed by atoms with van der Waals surface area (Å²) in [6.07, 6.45) is -0.346. The lowest BCUT2D eigenvalue weighted by Crippen LogP contribution is -2.69. The Kier molecular flexibility index (Phi) is 2.65. The predicted octanol–water partition coefficient (Wildman–Crippen LogP) is 1.22. The first-order valence-electron chi connectivity index (χ1n) is 5.63. The monoisotopic (exact) mass is 299 g/mol. The second kappa shape index (κ2) is 3.93. The van der Waals surface area contributed by atoms with E-state index in [2.05, 4.69) is 22.9 Å². The minimum atomic E-state index is -0.344. The molecule has 0 aromatic heterocycles. The van der Waals surface area contributed by atoms with Gasteiger partial charge in [-0.15, -0.1) is 0 Å². The lowest BCUT2D eigenvalue weighted by molar-refractivity contribution is -0.179. The molecule has 0 spiro atoms. The van der Waals surface area contributed by atoms with Crippen LogP contribution in [0.2, 0.25) is 0 Å². The van der Waals surface area contributed by atoms with Gasteiger partial charge in [-0.05, 0) is 28.6 Å². The molecule has 17 heavy (non-hydrogen) atoms. The fraction of sp³-hybridized carbons (Fsp3) is 0.583. The van der Waals surface area contributed by atoms with Crippen molar-refractivity contribution in [3.05, 3.63) is 21.7 Å². The second-order valence-corrected chi connectivity index (χ2v) is 5.10. The molecular weight excluding hydrogens is 286 g/mol. The molecule has 3 aliphatic heterocycles. The summed E-state index contributed by atoms with van der Waals surface area (Å²) in [7, 11) is 1.58. The van der Waals surface area contributed by atoms with Crippen LogP contribution in [0.25, 0.3) is 0 Å². The van der Waals surface area contributed by atoms with E-state index in [0.717, 1.165) is 5.57 Å². The molecule has 2 bridgehead atoms. The van der Waals surface area contributed by atoms with Crippen LogP contribution in [0.1, 0.15) is 6.92 Å². The van der Waals surface area contributed by atoms with Crippen molar-refractivity contribution in [1.82, 2.24) is 4.90 Å². The number of rotatable bonds is 1. The minimum Gasteiger partial charge on any atom is -0.369 e. The van der Waals surface area contributed by atoms with E-state index in [9.17, 15) is 4.79 Å². The molecular formula is C12H14BrNO3. The number of amides is 1. The Morgan fingerprint density at radius 1 is 1.59 bits per heavy atom. The van der Waals surface area contributed by atoms with Crippen LogP contribution in [0, 0.1) is 0 Å². The van der Waals surface area contributed by atoms with Gasteiger partial charge in [-0.3, -0.25) is 4.79 Å². The van der Waals surface area contributed by atoms with E-state index in [1.807, 2.05) is 9.89 Å². The van der Waals surface area contributed by atoms with Gasteiger partial charge < -0.3 is 14.4 Å². The van der Waals surface area contributed by atoms with E-state index in [0.29, 0.717) is 13.2 Å². The Balaban J connectivity index is 2.01. The maximum absolute atomic E-state index is 11.9. The summed E-state index contributed by atoms with van der Waals surface area (Å²) in [5.41, 5.74) is 3.59. The third-order valence-electron chi connectivity index (χ3n) is 3.93. The molecule has 5 heteroatoms. The number of β-lactam (4-membered cyclic amide) rings is 1. The maximum Gasteiger partial charge on any atom is 0.254 e. The highest BCUT2D eigenvalue weighted by Gasteiger charge is 2.55.